The van der Waals surface area contributed by atoms with Gasteiger partial charge >= 0.3 is 6.09 Å². The molecular weight excluding hydrogens is 340 g/mol. The van der Waals surface area contributed by atoms with Crippen LogP contribution in [0.25, 0.3) is 0 Å². The molecule has 1 aromatic rings. The minimum absolute atomic E-state index is 0.243. The van der Waals surface area contributed by atoms with Gasteiger partial charge in [-0.3, -0.25) is 4.99 Å². The molecular formula is C21H34N4O2. The number of amides is 1. The summed E-state index contributed by atoms with van der Waals surface area (Å²) in [6.45, 7) is 12.0. The van der Waals surface area contributed by atoms with Gasteiger partial charge in [-0.15, -0.1) is 0 Å². The van der Waals surface area contributed by atoms with Gasteiger partial charge in [-0.25, -0.2) is 4.79 Å². The number of hydrogen-bond donors (Lipinski definition) is 2. The highest BCUT2D eigenvalue weighted by Crippen LogP contribution is 2.20. The SMILES string of the molecule is CC(C)c1cccc(NC(N)=NCC2CCCN(C(=O)OC(C)(C)C)C2)c1. The van der Waals surface area contributed by atoms with Crippen molar-refractivity contribution in [3.63, 3.8) is 0 Å². The van der Waals surface area contributed by atoms with Crippen LogP contribution in [-0.4, -0.2) is 42.2 Å². The lowest BCUT2D eigenvalue weighted by Crippen LogP contribution is -2.43. The zero-order valence-corrected chi connectivity index (χ0v) is 17.3. The number of carbonyl (C=O) groups is 1. The number of hydrogen-bond acceptors (Lipinski definition) is 3. The van der Waals surface area contributed by atoms with Gasteiger partial charge in [0.05, 0.1) is 0 Å². The Morgan fingerprint density at radius 1 is 1.41 bits per heavy atom. The van der Waals surface area contributed by atoms with Crippen molar-refractivity contribution >= 4 is 17.7 Å². The van der Waals surface area contributed by atoms with Crippen LogP contribution >= 0.6 is 0 Å². The van der Waals surface area contributed by atoms with E-state index in [9.17, 15) is 4.79 Å². The topological polar surface area (TPSA) is 80.0 Å². The number of nitrogens with two attached hydrogens (primary N) is 1. The van der Waals surface area contributed by atoms with Gasteiger partial charge in [-0.1, -0.05) is 26.0 Å². The predicted octanol–water partition coefficient (Wildman–Crippen LogP) is 4.18. The number of benzene rings is 1. The third-order valence-corrected chi connectivity index (χ3v) is 4.52. The molecule has 150 valence electrons. The van der Waals surface area contributed by atoms with Gasteiger partial charge < -0.3 is 20.7 Å². The van der Waals surface area contributed by atoms with Gasteiger partial charge in [-0.2, -0.15) is 0 Å². The van der Waals surface area contributed by atoms with Crippen molar-refractivity contribution in [2.75, 3.05) is 25.0 Å². The Morgan fingerprint density at radius 2 is 2.15 bits per heavy atom. The number of carbonyl (C=O) groups excluding carboxylic acids is 1. The third-order valence-electron chi connectivity index (χ3n) is 4.52. The maximum atomic E-state index is 12.3. The van der Waals surface area contributed by atoms with Gasteiger partial charge in [0.1, 0.15) is 5.60 Å². The lowest BCUT2D eigenvalue weighted by molar-refractivity contribution is 0.0171. The minimum atomic E-state index is -0.471. The second kappa shape index (κ2) is 9.11. The van der Waals surface area contributed by atoms with E-state index in [-0.39, 0.29) is 6.09 Å². The number of aliphatic imine (C=N–C) groups is 1. The first-order valence-electron chi connectivity index (χ1n) is 9.79. The summed E-state index contributed by atoms with van der Waals surface area (Å²) in [6, 6.07) is 8.21. The second-order valence-electron chi connectivity index (χ2n) is 8.57. The summed E-state index contributed by atoms with van der Waals surface area (Å²) in [4.78, 5) is 18.5. The monoisotopic (exact) mass is 374 g/mol. The number of rotatable bonds is 4. The molecule has 0 aliphatic carbocycles. The van der Waals surface area contributed by atoms with Gasteiger partial charge in [0.2, 0.25) is 0 Å². The molecule has 1 aromatic carbocycles. The fraction of sp³-hybridized carbons (Fsp3) is 0.619. The number of anilines is 1. The van der Waals surface area contributed by atoms with Crippen LogP contribution in [0.2, 0.25) is 0 Å². The number of likely N-dealkylation sites (tertiary alicyclic amines) is 1. The number of nitrogens with zero attached hydrogens (tertiary/aromatic N) is 2. The quantitative estimate of drug-likeness (QED) is 0.612. The summed E-state index contributed by atoms with van der Waals surface area (Å²) in [5.41, 5.74) is 7.79. The number of guanidine groups is 1. The smallest absolute Gasteiger partial charge is 0.410 e. The van der Waals surface area contributed by atoms with Crippen molar-refractivity contribution in [1.82, 2.24) is 4.90 Å². The standard InChI is InChI=1S/C21H34N4O2/c1-15(2)17-9-6-10-18(12-17)24-19(22)23-13-16-8-7-11-25(14-16)20(26)27-21(3,4)5/h6,9-10,12,15-16H,7-8,11,13-14H2,1-5H3,(H3,22,23,24). The number of nitrogens with one attached hydrogen (secondary N) is 1. The maximum absolute atomic E-state index is 12.3. The van der Waals surface area contributed by atoms with E-state index in [2.05, 4.69) is 36.3 Å². The van der Waals surface area contributed by atoms with Gasteiger partial charge in [0.25, 0.3) is 0 Å². The number of piperidine rings is 1. The molecule has 0 spiro atoms. The summed E-state index contributed by atoms with van der Waals surface area (Å²) in [5.74, 6) is 1.17. The molecule has 1 aliphatic heterocycles. The van der Waals surface area contributed by atoms with Crippen LogP contribution in [0.1, 0.15) is 58.9 Å². The molecule has 6 heteroatoms. The van der Waals surface area contributed by atoms with Crippen molar-refractivity contribution in [1.29, 1.82) is 0 Å². The van der Waals surface area contributed by atoms with Crippen molar-refractivity contribution in [3.8, 4) is 0 Å². The van der Waals surface area contributed by atoms with Crippen molar-refractivity contribution in [2.45, 2.75) is 59.0 Å². The van der Waals surface area contributed by atoms with E-state index in [0.29, 0.717) is 30.9 Å². The first-order chi connectivity index (χ1) is 12.6. The van der Waals surface area contributed by atoms with E-state index in [1.165, 1.54) is 5.56 Å². The first kappa shape index (κ1) is 21.1. The van der Waals surface area contributed by atoms with Gasteiger partial charge in [-0.05, 0) is 63.1 Å². The highest BCUT2D eigenvalue weighted by molar-refractivity contribution is 5.92. The minimum Gasteiger partial charge on any atom is -0.444 e. The van der Waals surface area contributed by atoms with Crippen LogP contribution in [0.5, 0.6) is 0 Å². The highest BCUT2D eigenvalue weighted by Gasteiger charge is 2.27. The lowest BCUT2D eigenvalue weighted by Gasteiger charge is -2.33. The Labute approximate surface area is 163 Å². The molecule has 1 aliphatic rings. The van der Waals surface area contributed by atoms with E-state index >= 15 is 0 Å². The zero-order valence-electron chi connectivity index (χ0n) is 17.3. The normalized spacial score (nSPS) is 18.5. The summed E-state index contributed by atoms with van der Waals surface area (Å²) in [7, 11) is 0. The van der Waals surface area contributed by atoms with E-state index in [4.69, 9.17) is 10.5 Å². The van der Waals surface area contributed by atoms with Crippen LogP contribution in [0, 0.1) is 5.92 Å². The van der Waals surface area contributed by atoms with E-state index < -0.39 is 5.60 Å². The molecule has 1 amide bonds. The summed E-state index contributed by atoms with van der Waals surface area (Å²) in [6.07, 6.45) is 1.76. The van der Waals surface area contributed by atoms with Crippen LogP contribution in [0.3, 0.4) is 0 Å². The fourth-order valence-electron chi connectivity index (χ4n) is 3.10. The lowest BCUT2D eigenvalue weighted by atomic mass is 9.98. The molecule has 1 fully saturated rings. The van der Waals surface area contributed by atoms with Crippen LogP contribution in [0.15, 0.2) is 29.3 Å². The molecule has 0 saturated carbocycles. The molecule has 1 unspecified atom stereocenters. The van der Waals surface area contributed by atoms with Crippen molar-refractivity contribution < 1.29 is 9.53 Å². The van der Waals surface area contributed by atoms with Crippen LogP contribution < -0.4 is 11.1 Å². The summed E-state index contributed by atoms with van der Waals surface area (Å²) in [5, 5.41) is 3.16. The summed E-state index contributed by atoms with van der Waals surface area (Å²) >= 11 is 0. The molecule has 2 rings (SSSR count). The average molecular weight is 375 g/mol. The predicted molar refractivity (Wildman–Crippen MR) is 111 cm³/mol. The van der Waals surface area contributed by atoms with Crippen molar-refractivity contribution in [2.24, 2.45) is 16.6 Å². The molecule has 27 heavy (non-hydrogen) atoms. The largest absolute Gasteiger partial charge is 0.444 e. The van der Waals surface area contributed by atoms with Crippen LogP contribution in [-0.2, 0) is 4.74 Å². The fourth-order valence-corrected chi connectivity index (χ4v) is 3.10. The Balaban J connectivity index is 1.88. The molecule has 1 saturated heterocycles. The first-order valence-corrected chi connectivity index (χ1v) is 9.79. The van der Waals surface area contributed by atoms with Crippen LogP contribution in [0.4, 0.5) is 10.5 Å². The average Bonchev–Trinajstić information content (AvgIpc) is 2.59. The molecule has 0 radical (unpaired) electrons. The third kappa shape index (κ3) is 7.12. The Kier molecular flexibility index (Phi) is 7.11. The molecule has 0 bridgehead atoms. The molecule has 1 atom stereocenters. The Morgan fingerprint density at radius 3 is 2.81 bits per heavy atom. The van der Waals surface area contributed by atoms with E-state index in [0.717, 1.165) is 25.1 Å². The van der Waals surface area contributed by atoms with Crippen molar-refractivity contribution in [3.05, 3.63) is 29.8 Å². The number of ether oxygens (including phenoxy) is 1. The molecule has 6 nitrogen and oxygen atoms in total. The van der Waals surface area contributed by atoms with E-state index in [1.807, 2.05) is 32.9 Å². The maximum Gasteiger partial charge on any atom is 0.410 e. The van der Waals surface area contributed by atoms with E-state index in [1.54, 1.807) is 4.90 Å². The Hall–Kier alpha value is -2.24. The highest BCUT2D eigenvalue weighted by atomic mass is 16.6. The Bertz CT molecular complexity index is 664. The molecule has 1 heterocycles. The summed E-state index contributed by atoms with van der Waals surface area (Å²) < 4.78 is 5.47. The molecule has 3 N–H and O–H groups in total. The molecule has 0 aromatic heterocycles. The second-order valence-corrected chi connectivity index (χ2v) is 8.57. The van der Waals surface area contributed by atoms with Gasteiger partial charge in [0, 0.05) is 25.3 Å². The zero-order chi connectivity index (χ0) is 20.0. The van der Waals surface area contributed by atoms with Gasteiger partial charge in [0.15, 0.2) is 5.96 Å².